The lowest BCUT2D eigenvalue weighted by Crippen LogP contribution is -2.52. The number of hydrogen-bond donors (Lipinski definition) is 1. The minimum Gasteiger partial charge on any atom is -0.330 e. The lowest BCUT2D eigenvalue weighted by Gasteiger charge is -2.42. The fraction of sp³-hybridized carbons (Fsp3) is 1.00. The molecule has 0 bridgehead atoms. The van der Waals surface area contributed by atoms with Crippen molar-refractivity contribution in [3.63, 3.8) is 0 Å². The molecule has 2 aliphatic rings. The lowest BCUT2D eigenvalue weighted by molar-refractivity contribution is 0.0732. The molecule has 1 aliphatic carbocycles. The molecule has 0 amide bonds. The van der Waals surface area contributed by atoms with Crippen LogP contribution in [0.3, 0.4) is 0 Å². The van der Waals surface area contributed by atoms with E-state index in [-0.39, 0.29) is 0 Å². The molecule has 3 nitrogen and oxygen atoms in total. The van der Waals surface area contributed by atoms with Gasteiger partial charge in [0.05, 0.1) is 0 Å². The van der Waals surface area contributed by atoms with Crippen LogP contribution in [-0.2, 0) is 0 Å². The Kier molecular flexibility index (Phi) is 5.67. The van der Waals surface area contributed by atoms with Crippen LogP contribution in [0.15, 0.2) is 0 Å². The summed E-state index contributed by atoms with van der Waals surface area (Å²) in [5.74, 6) is 0. The molecule has 0 aromatic carbocycles. The van der Waals surface area contributed by atoms with E-state index in [9.17, 15) is 0 Å². The van der Waals surface area contributed by atoms with Crippen molar-refractivity contribution in [2.75, 3.05) is 39.8 Å². The van der Waals surface area contributed by atoms with Crippen LogP contribution in [-0.4, -0.2) is 55.6 Å². The standard InChI is InChI=1S/C16H33N3/c1-3-15-13-19(12-11-18(15)2)10-9-16(14-17)7-5-4-6-8-16/h15H,3-14,17H2,1-2H3. The maximum atomic E-state index is 6.10. The van der Waals surface area contributed by atoms with E-state index in [0.717, 1.165) is 12.6 Å². The van der Waals surface area contributed by atoms with Crippen LogP contribution < -0.4 is 5.73 Å². The molecule has 1 saturated heterocycles. The van der Waals surface area contributed by atoms with Gasteiger partial charge in [0, 0.05) is 25.7 Å². The van der Waals surface area contributed by atoms with Gasteiger partial charge < -0.3 is 15.5 Å². The molecule has 0 radical (unpaired) electrons. The second kappa shape index (κ2) is 7.05. The summed E-state index contributed by atoms with van der Waals surface area (Å²) in [5, 5.41) is 0. The van der Waals surface area contributed by atoms with Crippen molar-refractivity contribution in [3.05, 3.63) is 0 Å². The van der Waals surface area contributed by atoms with E-state index in [1.807, 2.05) is 0 Å². The molecular weight excluding hydrogens is 234 g/mol. The molecule has 1 atom stereocenters. The second-order valence-corrected chi connectivity index (χ2v) is 6.86. The van der Waals surface area contributed by atoms with Gasteiger partial charge in [-0.3, -0.25) is 0 Å². The van der Waals surface area contributed by atoms with Crippen molar-refractivity contribution < 1.29 is 0 Å². The van der Waals surface area contributed by atoms with Crippen molar-refractivity contribution in [1.29, 1.82) is 0 Å². The van der Waals surface area contributed by atoms with Gasteiger partial charge in [0.2, 0.25) is 0 Å². The Morgan fingerprint density at radius 1 is 1.16 bits per heavy atom. The topological polar surface area (TPSA) is 32.5 Å². The molecule has 1 saturated carbocycles. The first kappa shape index (κ1) is 15.3. The molecule has 19 heavy (non-hydrogen) atoms. The van der Waals surface area contributed by atoms with Crippen molar-refractivity contribution in [1.82, 2.24) is 9.80 Å². The molecule has 2 rings (SSSR count). The van der Waals surface area contributed by atoms with E-state index in [2.05, 4.69) is 23.8 Å². The van der Waals surface area contributed by atoms with Crippen LogP contribution in [0.1, 0.15) is 51.9 Å². The van der Waals surface area contributed by atoms with Crippen LogP contribution in [0.4, 0.5) is 0 Å². The SMILES string of the molecule is CCC1CN(CCC2(CN)CCCCC2)CCN1C. The van der Waals surface area contributed by atoms with Gasteiger partial charge in [-0.1, -0.05) is 26.2 Å². The fourth-order valence-corrected chi connectivity index (χ4v) is 3.91. The fourth-order valence-electron chi connectivity index (χ4n) is 3.91. The summed E-state index contributed by atoms with van der Waals surface area (Å²) >= 11 is 0. The molecule has 1 unspecified atom stereocenters. The summed E-state index contributed by atoms with van der Waals surface area (Å²) in [5.41, 5.74) is 6.58. The van der Waals surface area contributed by atoms with Gasteiger partial charge in [0.15, 0.2) is 0 Å². The predicted molar refractivity (Wildman–Crippen MR) is 82.3 cm³/mol. The molecule has 112 valence electrons. The summed E-state index contributed by atoms with van der Waals surface area (Å²) in [4.78, 5) is 5.20. The minimum absolute atomic E-state index is 0.476. The molecule has 1 aliphatic heterocycles. The Balaban J connectivity index is 1.80. The van der Waals surface area contributed by atoms with Gasteiger partial charge in [-0.15, -0.1) is 0 Å². The average molecular weight is 267 g/mol. The van der Waals surface area contributed by atoms with E-state index in [4.69, 9.17) is 5.73 Å². The van der Waals surface area contributed by atoms with Gasteiger partial charge in [0.1, 0.15) is 0 Å². The highest BCUT2D eigenvalue weighted by atomic mass is 15.3. The molecular formula is C16H33N3. The van der Waals surface area contributed by atoms with E-state index >= 15 is 0 Å². The smallest absolute Gasteiger partial charge is 0.0218 e. The highest BCUT2D eigenvalue weighted by molar-refractivity contribution is 4.86. The summed E-state index contributed by atoms with van der Waals surface area (Å²) in [7, 11) is 2.27. The molecule has 0 spiro atoms. The lowest BCUT2D eigenvalue weighted by atomic mass is 9.72. The third-order valence-corrected chi connectivity index (χ3v) is 5.64. The van der Waals surface area contributed by atoms with E-state index < -0.39 is 0 Å². The summed E-state index contributed by atoms with van der Waals surface area (Å²) in [6.45, 7) is 8.21. The van der Waals surface area contributed by atoms with Crippen LogP contribution in [0.5, 0.6) is 0 Å². The molecule has 3 heteroatoms. The highest BCUT2D eigenvalue weighted by Gasteiger charge is 2.31. The summed E-state index contributed by atoms with van der Waals surface area (Å²) < 4.78 is 0. The van der Waals surface area contributed by atoms with Gasteiger partial charge in [-0.25, -0.2) is 0 Å². The normalized spacial score (nSPS) is 29.5. The molecule has 2 N–H and O–H groups in total. The zero-order valence-electron chi connectivity index (χ0n) is 13.0. The zero-order valence-corrected chi connectivity index (χ0v) is 13.0. The van der Waals surface area contributed by atoms with Crippen molar-refractivity contribution >= 4 is 0 Å². The largest absolute Gasteiger partial charge is 0.330 e. The van der Waals surface area contributed by atoms with Crippen LogP contribution in [0, 0.1) is 5.41 Å². The molecule has 2 fully saturated rings. The number of piperazine rings is 1. The molecule has 0 aromatic rings. The third kappa shape index (κ3) is 3.93. The Morgan fingerprint density at radius 2 is 1.89 bits per heavy atom. The van der Waals surface area contributed by atoms with E-state index in [1.54, 1.807) is 0 Å². The van der Waals surface area contributed by atoms with Crippen LogP contribution >= 0.6 is 0 Å². The summed E-state index contributed by atoms with van der Waals surface area (Å²) in [6, 6.07) is 0.758. The zero-order chi connectivity index (χ0) is 13.7. The number of likely N-dealkylation sites (N-methyl/N-ethyl adjacent to an activating group) is 1. The maximum Gasteiger partial charge on any atom is 0.0218 e. The Hall–Kier alpha value is -0.120. The molecule has 1 heterocycles. The van der Waals surface area contributed by atoms with Gasteiger partial charge in [0.25, 0.3) is 0 Å². The van der Waals surface area contributed by atoms with Crippen LogP contribution in [0.25, 0.3) is 0 Å². The maximum absolute atomic E-state index is 6.10. The Morgan fingerprint density at radius 3 is 2.53 bits per heavy atom. The second-order valence-electron chi connectivity index (χ2n) is 6.86. The van der Waals surface area contributed by atoms with Gasteiger partial charge >= 0.3 is 0 Å². The van der Waals surface area contributed by atoms with E-state index in [0.29, 0.717) is 5.41 Å². The highest BCUT2D eigenvalue weighted by Crippen LogP contribution is 2.38. The average Bonchev–Trinajstić information content (AvgIpc) is 2.47. The first-order valence-electron chi connectivity index (χ1n) is 8.32. The third-order valence-electron chi connectivity index (χ3n) is 5.64. The van der Waals surface area contributed by atoms with Crippen molar-refractivity contribution in [2.45, 2.75) is 57.9 Å². The number of rotatable bonds is 5. The monoisotopic (exact) mass is 267 g/mol. The van der Waals surface area contributed by atoms with Gasteiger partial charge in [-0.05, 0) is 51.2 Å². The Labute approximate surface area is 119 Å². The number of nitrogens with zero attached hydrogens (tertiary/aromatic N) is 2. The van der Waals surface area contributed by atoms with Crippen molar-refractivity contribution in [3.8, 4) is 0 Å². The predicted octanol–water partition coefficient (Wildman–Crippen LogP) is 2.31. The number of nitrogens with two attached hydrogens (primary N) is 1. The molecule has 0 aromatic heterocycles. The quantitative estimate of drug-likeness (QED) is 0.830. The van der Waals surface area contributed by atoms with Crippen molar-refractivity contribution in [2.24, 2.45) is 11.1 Å². The first-order chi connectivity index (χ1) is 9.19. The minimum atomic E-state index is 0.476. The van der Waals surface area contributed by atoms with Crippen LogP contribution in [0.2, 0.25) is 0 Å². The number of hydrogen-bond acceptors (Lipinski definition) is 3. The Bertz CT molecular complexity index is 261. The summed E-state index contributed by atoms with van der Waals surface area (Å²) in [6.07, 6.45) is 9.56. The van der Waals surface area contributed by atoms with Gasteiger partial charge in [-0.2, -0.15) is 0 Å². The first-order valence-corrected chi connectivity index (χ1v) is 8.32. The van der Waals surface area contributed by atoms with E-state index in [1.165, 1.54) is 71.1 Å².